The summed E-state index contributed by atoms with van der Waals surface area (Å²) < 4.78 is 6.63. The van der Waals surface area contributed by atoms with Crippen molar-refractivity contribution in [2.24, 2.45) is 0 Å². The quantitative estimate of drug-likeness (QED) is 0.681. The summed E-state index contributed by atoms with van der Waals surface area (Å²) in [7, 11) is 1.70. The molecule has 26 heavy (non-hydrogen) atoms. The van der Waals surface area contributed by atoms with Crippen molar-refractivity contribution in [2.75, 3.05) is 13.6 Å². The lowest BCUT2D eigenvalue weighted by atomic mass is 10.2. The first-order chi connectivity index (χ1) is 12.5. The van der Waals surface area contributed by atoms with Gasteiger partial charge in [0.15, 0.2) is 0 Å². The number of rotatable bonds is 5. The van der Waals surface area contributed by atoms with Crippen LogP contribution in [0.4, 0.5) is 0 Å². The van der Waals surface area contributed by atoms with Gasteiger partial charge in [0, 0.05) is 22.5 Å². The minimum atomic E-state index is -0.288. The third kappa shape index (κ3) is 3.96. The van der Waals surface area contributed by atoms with E-state index < -0.39 is 0 Å². The van der Waals surface area contributed by atoms with Crippen molar-refractivity contribution in [1.29, 1.82) is 0 Å². The van der Waals surface area contributed by atoms with Gasteiger partial charge in [0.2, 0.25) is 5.91 Å². The standard InChI is InChI=1S/C20H19BrN2O3/c1-13(18-11-14-6-3-4-9-17(14)26-18)23(2)19(24)12-22-20(25)15-7-5-8-16(21)10-15/h3-11,13H,12H2,1-2H3,(H,22,25). The molecule has 0 saturated carbocycles. The molecule has 5 nitrogen and oxygen atoms in total. The molecule has 1 N–H and O–H groups in total. The highest BCUT2D eigenvalue weighted by Gasteiger charge is 2.21. The number of amides is 2. The number of fused-ring (bicyclic) bond motifs is 1. The Morgan fingerprint density at radius 1 is 1.15 bits per heavy atom. The Morgan fingerprint density at radius 2 is 1.92 bits per heavy atom. The fraction of sp³-hybridized carbons (Fsp3) is 0.200. The molecule has 1 atom stereocenters. The Kier molecular flexibility index (Phi) is 5.42. The van der Waals surface area contributed by atoms with E-state index in [0.717, 1.165) is 15.4 Å². The Labute approximate surface area is 160 Å². The summed E-state index contributed by atoms with van der Waals surface area (Å²) in [6.45, 7) is 1.82. The van der Waals surface area contributed by atoms with Crippen molar-refractivity contribution in [2.45, 2.75) is 13.0 Å². The molecule has 0 radical (unpaired) electrons. The molecule has 0 aliphatic carbocycles. The van der Waals surface area contributed by atoms with E-state index in [1.807, 2.05) is 43.3 Å². The van der Waals surface area contributed by atoms with Gasteiger partial charge in [-0.2, -0.15) is 0 Å². The number of nitrogens with zero attached hydrogens (tertiary/aromatic N) is 1. The predicted molar refractivity (Wildman–Crippen MR) is 104 cm³/mol. The molecular formula is C20H19BrN2O3. The van der Waals surface area contributed by atoms with Gasteiger partial charge in [-0.15, -0.1) is 0 Å². The lowest BCUT2D eigenvalue weighted by Gasteiger charge is -2.23. The summed E-state index contributed by atoms with van der Waals surface area (Å²) in [5.41, 5.74) is 1.29. The summed E-state index contributed by atoms with van der Waals surface area (Å²) in [6.07, 6.45) is 0. The van der Waals surface area contributed by atoms with Gasteiger partial charge < -0.3 is 14.6 Å². The number of hydrogen-bond acceptors (Lipinski definition) is 3. The zero-order chi connectivity index (χ0) is 18.7. The van der Waals surface area contributed by atoms with Crippen LogP contribution in [0, 0.1) is 0 Å². The van der Waals surface area contributed by atoms with Crippen LogP contribution >= 0.6 is 15.9 Å². The van der Waals surface area contributed by atoms with E-state index in [9.17, 15) is 9.59 Å². The van der Waals surface area contributed by atoms with E-state index in [1.54, 1.807) is 30.1 Å². The summed E-state index contributed by atoms with van der Waals surface area (Å²) >= 11 is 3.33. The topological polar surface area (TPSA) is 62.6 Å². The highest BCUT2D eigenvalue weighted by atomic mass is 79.9. The van der Waals surface area contributed by atoms with E-state index >= 15 is 0 Å². The van der Waals surface area contributed by atoms with Gasteiger partial charge in [-0.25, -0.2) is 0 Å². The molecule has 0 aliphatic heterocycles. The van der Waals surface area contributed by atoms with Gasteiger partial charge in [0.1, 0.15) is 11.3 Å². The summed E-state index contributed by atoms with van der Waals surface area (Å²) in [5.74, 6) is 0.228. The van der Waals surface area contributed by atoms with Gasteiger partial charge in [-0.3, -0.25) is 9.59 Å². The van der Waals surface area contributed by atoms with E-state index in [-0.39, 0.29) is 24.4 Å². The second-order valence-corrected chi connectivity index (χ2v) is 6.98. The summed E-state index contributed by atoms with van der Waals surface area (Å²) in [5, 5.41) is 3.66. The molecule has 1 heterocycles. The molecule has 6 heteroatoms. The van der Waals surface area contributed by atoms with Crippen molar-refractivity contribution in [3.05, 3.63) is 70.4 Å². The minimum Gasteiger partial charge on any atom is -0.459 e. The van der Waals surface area contributed by atoms with Gasteiger partial charge in [0.05, 0.1) is 12.6 Å². The van der Waals surface area contributed by atoms with Crippen LogP contribution in [0.25, 0.3) is 11.0 Å². The Morgan fingerprint density at radius 3 is 2.65 bits per heavy atom. The minimum absolute atomic E-state index is 0.0770. The van der Waals surface area contributed by atoms with E-state index in [0.29, 0.717) is 11.3 Å². The largest absolute Gasteiger partial charge is 0.459 e. The van der Waals surface area contributed by atoms with Crippen LogP contribution in [0.1, 0.15) is 29.1 Å². The Bertz CT molecular complexity index is 918. The summed E-state index contributed by atoms with van der Waals surface area (Å²) in [4.78, 5) is 26.2. The van der Waals surface area contributed by atoms with Crippen molar-refractivity contribution in [1.82, 2.24) is 10.2 Å². The second-order valence-electron chi connectivity index (χ2n) is 6.06. The SMILES string of the molecule is CC(c1cc2ccccc2o1)N(C)C(=O)CNC(=O)c1cccc(Br)c1. The maximum atomic E-state index is 12.4. The number of carbonyl (C=O) groups excluding carboxylic acids is 2. The monoisotopic (exact) mass is 414 g/mol. The predicted octanol–water partition coefficient (Wildman–Crippen LogP) is 4.14. The Hall–Kier alpha value is -2.60. The number of halogens is 1. The summed E-state index contributed by atoms with van der Waals surface area (Å²) in [6, 6.07) is 16.4. The molecule has 3 aromatic rings. The maximum absolute atomic E-state index is 12.4. The highest BCUT2D eigenvalue weighted by molar-refractivity contribution is 9.10. The first kappa shape index (κ1) is 18.2. The van der Waals surface area contributed by atoms with Crippen LogP contribution < -0.4 is 5.32 Å². The average Bonchev–Trinajstić information content (AvgIpc) is 3.08. The third-order valence-electron chi connectivity index (χ3n) is 4.32. The molecule has 0 aliphatic rings. The number of para-hydroxylation sites is 1. The molecule has 0 saturated heterocycles. The lowest BCUT2D eigenvalue weighted by molar-refractivity contribution is -0.131. The maximum Gasteiger partial charge on any atom is 0.251 e. The van der Waals surface area contributed by atoms with Crippen LogP contribution in [0.3, 0.4) is 0 Å². The van der Waals surface area contributed by atoms with Gasteiger partial charge in [-0.05, 0) is 37.3 Å². The smallest absolute Gasteiger partial charge is 0.251 e. The molecule has 1 unspecified atom stereocenters. The first-order valence-electron chi connectivity index (χ1n) is 8.23. The van der Waals surface area contributed by atoms with E-state index in [1.165, 1.54) is 0 Å². The number of furan rings is 1. The van der Waals surface area contributed by atoms with Crippen LogP contribution in [0.2, 0.25) is 0 Å². The molecular weight excluding hydrogens is 396 g/mol. The van der Waals surface area contributed by atoms with Crippen LogP contribution in [-0.4, -0.2) is 30.3 Å². The number of nitrogens with one attached hydrogen (secondary N) is 1. The molecule has 134 valence electrons. The van der Waals surface area contributed by atoms with E-state index in [2.05, 4.69) is 21.2 Å². The van der Waals surface area contributed by atoms with E-state index in [4.69, 9.17) is 4.42 Å². The third-order valence-corrected chi connectivity index (χ3v) is 4.81. The van der Waals surface area contributed by atoms with Crippen molar-refractivity contribution >= 4 is 38.7 Å². The molecule has 0 fully saturated rings. The zero-order valence-electron chi connectivity index (χ0n) is 14.5. The zero-order valence-corrected chi connectivity index (χ0v) is 16.1. The van der Waals surface area contributed by atoms with Crippen LogP contribution in [0.15, 0.2) is 63.5 Å². The fourth-order valence-corrected chi connectivity index (χ4v) is 3.03. The van der Waals surface area contributed by atoms with Crippen molar-refractivity contribution in [3.8, 4) is 0 Å². The lowest BCUT2D eigenvalue weighted by Crippen LogP contribution is -2.39. The second kappa shape index (κ2) is 7.74. The normalized spacial score (nSPS) is 12.0. The highest BCUT2D eigenvalue weighted by Crippen LogP contribution is 2.26. The number of hydrogen-bond donors (Lipinski definition) is 1. The number of benzene rings is 2. The molecule has 2 aromatic carbocycles. The van der Waals surface area contributed by atoms with Gasteiger partial charge in [-0.1, -0.05) is 40.2 Å². The van der Waals surface area contributed by atoms with Gasteiger partial charge in [0.25, 0.3) is 5.91 Å². The molecule has 0 spiro atoms. The average molecular weight is 415 g/mol. The molecule has 0 bridgehead atoms. The van der Waals surface area contributed by atoms with Gasteiger partial charge >= 0.3 is 0 Å². The molecule has 3 rings (SSSR count). The van der Waals surface area contributed by atoms with Crippen molar-refractivity contribution in [3.63, 3.8) is 0 Å². The molecule has 1 aromatic heterocycles. The number of carbonyl (C=O) groups is 2. The fourth-order valence-electron chi connectivity index (χ4n) is 2.63. The van der Waals surface area contributed by atoms with Crippen LogP contribution in [0.5, 0.6) is 0 Å². The molecule has 2 amide bonds. The number of likely N-dealkylation sites (N-methyl/N-ethyl adjacent to an activating group) is 1. The van der Waals surface area contributed by atoms with Crippen molar-refractivity contribution < 1.29 is 14.0 Å². The Balaban J connectivity index is 1.62. The first-order valence-corrected chi connectivity index (χ1v) is 9.03. The van der Waals surface area contributed by atoms with Crippen LogP contribution in [-0.2, 0) is 4.79 Å².